The second-order valence-electron chi connectivity index (χ2n) is 6.75. The first-order valence-corrected chi connectivity index (χ1v) is 9.64. The second-order valence-corrected chi connectivity index (χ2v) is 7.18. The van der Waals surface area contributed by atoms with E-state index in [1.807, 2.05) is 78.9 Å². The molecule has 0 atom stereocenters. The number of aromatic nitrogens is 1. The number of hydrogen-bond acceptors (Lipinski definition) is 2. The molecule has 0 fully saturated rings. The highest BCUT2D eigenvalue weighted by Gasteiger charge is 2.22. The van der Waals surface area contributed by atoms with Crippen molar-refractivity contribution in [3.8, 4) is 22.4 Å². The molecule has 1 aromatic heterocycles. The van der Waals surface area contributed by atoms with Crippen LogP contribution in [0.15, 0.2) is 97.1 Å². The quantitative estimate of drug-likeness (QED) is 0.467. The monoisotopic (exact) mass is 399 g/mol. The number of carboxylic acid groups (broad SMARTS) is 1. The summed E-state index contributed by atoms with van der Waals surface area (Å²) in [5, 5.41) is 12.7. The Hall–Kier alpha value is -3.43. The summed E-state index contributed by atoms with van der Waals surface area (Å²) in [5.41, 5.74) is 4.59. The van der Waals surface area contributed by atoms with E-state index in [0.717, 1.165) is 27.9 Å². The third kappa shape index (κ3) is 4.20. The molecular weight excluding hydrogens is 382 g/mol. The van der Waals surface area contributed by atoms with E-state index in [2.05, 4.69) is 0 Å². The van der Waals surface area contributed by atoms with Gasteiger partial charge in [0.1, 0.15) is 5.97 Å². The van der Waals surface area contributed by atoms with E-state index in [-0.39, 0.29) is 5.69 Å². The van der Waals surface area contributed by atoms with Crippen molar-refractivity contribution in [2.45, 2.75) is 6.54 Å². The lowest BCUT2D eigenvalue weighted by Gasteiger charge is -2.13. The summed E-state index contributed by atoms with van der Waals surface area (Å²) in [5.74, 6) is -1.21. The van der Waals surface area contributed by atoms with Crippen molar-refractivity contribution in [2.75, 3.05) is 0 Å². The van der Waals surface area contributed by atoms with Gasteiger partial charge in [-0.3, -0.25) is 0 Å². The van der Waals surface area contributed by atoms with E-state index in [4.69, 9.17) is 11.6 Å². The molecule has 0 aliphatic rings. The molecule has 0 saturated carbocycles. The summed E-state index contributed by atoms with van der Waals surface area (Å²) in [6.45, 7) is 0.389. The third-order valence-electron chi connectivity index (χ3n) is 4.81. The van der Waals surface area contributed by atoms with E-state index < -0.39 is 5.97 Å². The van der Waals surface area contributed by atoms with E-state index in [9.17, 15) is 9.90 Å². The van der Waals surface area contributed by atoms with Crippen molar-refractivity contribution < 1.29 is 14.5 Å². The molecule has 0 radical (unpaired) electrons. The molecule has 3 aromatic carbocycles. The van der Waals surface area contributed by atoms with Crippen molar-refractivity contribution in [3.05, 3.63) is 113 Å². The number of hydrogen-bond donors (Lipinski definition) is 0. The van der Waals surface area contributed by atoms with Gasteiger partial charge in [-0.05, 0) is 35.4 Å². The maximum absolute atomic E-state index is 12.1. The van der Waals surface area contributed by atoms with Gasteiger partial charge in [0.15, 0.2) is 6.54 Å². The van der Waals surface area contributed by atoms with Crippen molar-refractivity contribution >= 4 is 17.6 Å². The number of nitrogens with zero attached hydrogens (tertiary/aromatic N) is 1. The number of halogens is 1. The first-order chi connectivity index (χ1) is 14.1. The van der Waals surface area contributed by atoms with Crippen LogP contribution in [0.2, 0.25) is 5.02 Å². The topological polar surface area (TPSA) is 44.0 Å². The Morgan fingerprint density at radius 3 is 1.93 bits per heavy atom. The zero-order valence-electron chi connectivity index (χ0n) is 15.6. The number of carbonyl (C=O) groups is 1. The van der Waals surface area contributed by atoms with Gasteiger partial charge in [-0.15, -0.1) is 0 Å². The minimum Gasteiger partial charge on any atom is -0.539 e. The predicted octanol–water partition coefficient (Wildman–Crippen LogP) is 4.37. The number of pyridine rings is 1. The van der Waals surface area contributed by atoms with Gasteiger partial charge in [-0.25, -0.2) is 0 Å². The van der Waals surface area contributed by atoms with Crippen LogP contribution in [0.1, 0.15) is 16.1 Å². The summed E-state index contributed by atoms with van der Waals surface area (Å²) >= 11 is 6.00. The SMILES string of the molecule is O=C([O-])c1cc(-c2ccccc2)cc(-c2ccccc2)[n+]1Cc1ccc(Cl)cc1. The first kappa shape index (κ1) is 18.9. The molecule has 29 heavy (non-hydrogen) atoms. The molecular formula is C25H18ClNO2. The van der Waals surface area contributed by atoms with Crippen molar-refractivity contribution in [1.29, 1.82) is 0 Å². The van der Waals surface area contributed by atoms with Crippen LogP contribution in [0.4, 0.5) is 0 Å². The number of carboxylic acids is 1. The molecule has 4 aromatic rings. The summed E-state index contributed by atoms with van der Waals surface area (Å²) in [7, 11) is 0. The van der Waals surface area contributed by atoms with Gasteiger partial charge in [-0.1, -0.05) is 72.3 Å². The minimum atomic E-state index is -1.21. The summed E-state index contributed by atoms with van der Waals surface area (Å²) in [6, 6.07) is 30.6. The van der Waals surface area contributed by atoms with Crippen molar-refractivity contribution in [1.82, 2.24) is 0 Å². The average Bonchev–Trinajstić information content (AvgIpc) is 2.76. The fraction of sp³-hybridized carbons (Fsp3) is 0.0400. The van der Waals surface area contributed by atoms with Crippen LogP contribution in [0, 0.1) is 0 Å². The molecule has 0 bridgehead atoms. The Bertz CT molecular complexity index is 1140. The highest BCUT2D eigenvalue weighted by Crippen LogP contribution is 2.25. The lowest BCUT2D eigenvalue weighted by molar-refractivity contribution is -0.681. The lowest BCUT2D eigenvalue weighted by Crippen LogP contribution is -2.46. The smallest absolute Gasteiger partial charge is 0.229 e. The minimum absolute atomic E-state index is 0.125. The molecule has 0 saturated heterocycles. The maximum Gasteiger partial charge on any atom is 0.229 e. The van der Waals surface area contributed by atoms with Gasteiger partial charge in [0, 0.05) is 28.3 Å². The fourth-order valence-corrected chi connectivity index (χ4v) is 3.51. The predicted molar refractivity (Wildman–Crippen MR) is 112 cm³/mol. The molecule has 0 N–H and O–H groups in total. The van der Waals surface area contributed by atoms with Gasteiger partial charge >= 0.3 is 0 Å². The normalized spacial score (nSPS) is 10.7. The van der Waals surface area contributed by atoms with E-state index in [0.29, 0.717) is 11.6 Å². The molecule has 142 valence electrons. The Balaban J connectivity index is 1.94. The first-order valence-electron chi connectivity index (χ1n) is 9.26. The number of carbonyl (C=O) groups excluding carboxylic acids is 1. The molecule has 0 aliphatic heterocycles. The zero-order chi connectivity index (χ0) is 20.2. The highest BCUT2D eigenvalue weighted by atomic mass is 35.5. The van der Waals surface area contributed by atoms with Gasteiger partial charge in [-0.2, -0.15) is 4.57 Å². The number of rotatable bonds is 5. The van der Waals surface area contributed by atoms with Crippen molar-refractivity contribution in [2.24, 2.45) is 0 Å². The van der Waals surface area contributed by atoms with E-state index in [1.165, 1.54) is 0 Å². The van der Waals surface area contributed by atoms with Gasteiger partial charge in [0.2, 0.25) is 11.4 Å². The summed E-state index contributed by atoms with van der Waals surface area (Å²) < 4.78 is 1.78. The van der Waals surface area contributed by atoms with Gasteiger partial charge in [0.25, 0.3) is 0 Å². The Morgan fingerprint density at radius 1 is 0.759 bits per heavy atom. The molecule has 1 heterocycles. The molecule has 0 amide bonds. The molecule has 4 heteroatoms. The van der Waals surface area contributed by atoms with E-state index >= 15 is 0 Å². The molecule has 3 nitrogen and oxygen atoms in total. The average molecular weight is 400 g/mol. The Kier molecular flexibility index (Phi) is 5.41. The fourth-order valence-electron chi connectivity index (χ4n) is 3.38. The number of benzene rings is 3. The van der Waals surface area contributed by atoms with Crippen LogP contribution >= 0.6 is 11.6 Å². The van der Waals surface area contributed by atoms with Gasteiger partial charge in [0.05, 0.1) is 0 Å². The van der Waals surface area contributed by atoms with Crippen LogP contribution in [0.5, 0.6) is 0 Å². The van der Waals surface area contributed by atoms with Crippen LogP contribution in [0.25, 0.3) is 22.4 Å². The molecule has 0 unspecified atom stereocenters. The van der Waals surface area contributed by atoms with Crippen LogP contribution in [-0.2, 0) is 6.54 Å². The molecule has 0 spiro atoms. The Morgan fingerprint density at radius 2 is 1.34 bits per heavy atom. The Labute approximate surface area is 174 Å². The molecule has 0 aliphatic carbocycles. The second kappa shape index (κ2) is 8.29. The molecule has 4 rings (SSSR count). The summed E-state index contributed by atoms with van der Waals surface area (Å²) in [4.78, 5) is 12.1. The highest BCUT2D eigenvalue weighted by molar-refractivity contribution is 6.30. The van der Waals surface area contributed by atoms with E-state index in [1.54, 1.807) is 22.8 Å². The maximum atomic E-state index is 12.1. The zero-order valence-corrected chi connectivity index (χ0v) is 16.3. The standard InChI is InChI=1S/C25H18ClNO2/c26-22-13-11-18(12-14-22)17-27-23(20-9-5-2-6-10-20)15-21(16-24(27)25(28)29)19-7-3-1-4-8-19/h1-16H,17H2. The largest absolute Gasteiger partial charge is 0.539 e. The van der Waals surface area contributed by atoms with Gasteiger partial charge < -0.3 is 9.90 Å². The van der Waals surface area contributed by atoms with Crippen molar-refractivity contribution in [3.63, 3.8) is 0 Å². The van der Waals surface area contributed by atoms with Crippen LogP contribution in [0.3, 0.4) is 0 Å². The summed E-state index contributed by atoms with van der Waals surface area (Å²) in [6.07, 6.45) is 0. The third-order valence-corrected chi connectivity index (χ3v) is 5.06. The lowest BCUT2D eigenvalue weighted by atomic mass is 10.0. The number of aromatic carboxylic acids is 1. The van der Waals surface area contributed by atoms with Crippen LogP contribution in [-0.4, -0.2) is 5.97 Å². The van der Waals surface area contributed by atoms with Crippen LogP contribution < -0.4 is 9.67 Å².